The number of benzene rings is 1. The van der Waals surface area contributed by atoms with Crippen molar-refractivity contribution < 1.29 is 0 Å². The average molecular weight is 277 g/mol. The predicted octanol–water partition coefficient (Wildman–Crippen LogP) is 3.15. The van der Waals surface area contributed by atoms with E-state index < -0.39 is 0 Å². The lowest BCUT2D eigenvalue weighted by Crippen LogP contribution is -1.80. The van der Waals surface area contributed by atoms with Crippen LogP contribution in [-0.4, -0.2) is 0 Å². The largest absolute Gasteiger partial charge is 0.192 e. The standard InChI is InChI=1S/C8H5ClIN/c9-8-3-6(5-11)1-2-7(8)4-10/h1-3H,4H2. The van der Waals surface area contributed by atoms with Crippen molar-refractivity contribution in [2.75, 3.05) is 0 Å². The second kappa shape index (κ2) is 3.93. The first kappa shape index (κ1) is 8.82. The van der Waals surface area contributed by atoms with Crippen molar-refractivity contribution in [1.82, 2.24) is 0 Å². The summed E-state index contributed by atoms with van der Waals surface area (Å²) in [6, 6.07) is 7.38. The number of alkyl halides is 1. The summed E-state index contributed by atoms with van der Waals surface area (Å²) in [6.45, 7) is 0. The van der Waals surface area contributed by atoms with Crippen LogP contribution in [0.25, 0.3) is 0 Å². The van der Waals surface area contributed by atoms with E-state index in [0.717, 1.165) is 9.99 Å². The minimum atomic E-state index is 0.614. The van der Waals surface area contributed by atoms with Gasteiger partial charge in [-0.1, -0.05) is 40.3 Å². The Morgan fingerprint density at radius 2 is 2.27 bits per heavy atom. The van der Waals surface area contributed by atoms with E-state index in [4.69, 9.17) is 16.9 Å². The molecule has 0 bridgehead atoms. The quantitative estimate of drug-likeness (QED) is 0.571. The van der Waals surface area contributed by atoms with Crippen LogP contribution < -0.4 is 0 Å². The first-order valence-electron chi connectivity index (χ1n) is 3.02. The van der Waals surface area contributed by atoms with Gasteiger partial charge < -0.3 is 0 Å². The van der Waals surface area contributed by atoms with E-state index in [1.165, 1.54) is 0 Å². The molecule has 0 unspecified atom stereocenters. The summed E-state index contributed by atoms with van der Waals surface area (Å²) < 4.78 is 0.877. The fraction of sp³-hybridized carbons (Fsp3) is 0.125. The molecule has 0 heterocycles. The van der Waals surface area contributed by atoms with Gasteiger partial charge in [0, 0.05) is 9.45 Å². The fourth-order valence-electron chi connectivity index (χ4n) is 0.725. The monoisotopic (exact) mass is 277 g/mol. The smallest absolute Gasteiger partial charge is 0.0992 e. The lowest BCUT2D eigenvalue weighted by molar-refractivity contribution is 1.42. The van der Waals surface area contributed by atoms with Crippen molar-refractivity contribution in [3.05, 3.63) is 34.3 Å². The highest BCUT2D eigenvalue weighted by Gasteiger charge is 1.98. The molecule has 0 amide bonds. The minimum absolute atomic E-state index is 0.614. The molecule has 0 aromatic heterocycles. The number of hydrogen-bond donors (Lipinski definition) is 0. The molecular formula is C8H5ClIN. The van der Waals surface area contributed by atoms with E-state index in [2.05, 4.69) is 22.6 Å². The molecule has 1 aromatic carbocycles. The molecule has 0 spiro atoms. The maximum absolute atomic E-state index is 8.52. The van der Waals surface area contributed by atoms with Crippen LogP contribution in [0, 0.1) is 11.3 Å². The van der Waals surface area contributed by atoms with Crippen LogP contribution in [0.1, 0.15) is 11.1 Å². The second-order valence-corrected chi connectivity index (χ2v) is 3.22. The van der Waals surface area contributed by atoms with Crippen LogP contribution in [0.2, 0.25) is 5.02 Å². The number of halogens is 2. The van der Waals surface area contributed by atoms with E-state index in [0.29, 0.717) is 10.6 Å². The van der Waals surface area contributed by atoms with Gasteiger partial charge in [0.1, 0.15) is 0 Å². The highest BCUT2D eigenvalue weighted by Crippen LogP contribution is 2.19. The van der Waals surface area contributed by atoms with Gasteiger partial charge in [0.15, 0.2) is 0 Å². The summed E-state index contributed by atoms with van der Waals surface area (Å²) in [5.74, 6) is 0. The molecule has 0 saturated heterocycles. The van der Waals surface area contributed by atoms with Gasteiger partial charge in [-0.05, 0) is 17.7 Å². The van der Waals surface area contributed by atoms with Crippen LogP contribution >= 0.6 is 34.2 Å². The molecule has 0 saturated carbocycles. The third kappa shape index (κ3) is 2.08. The summed E-state index contributed by atoms with van der Waals surface area (Å²) in [5, 5.41) is 9.19. The van der Waals surface area contributed by atoms with E-state index in [1.807, 2.05) is 12.1 Å². The Morgan fingerprint density at radius 1 is 1.55 bits per heavy atom. The molecular weight excluding hydrogens is 272 g/mol. The Morgan fingerprint density at radius 3 is 2.73 bits per heavy atom. The predicted molar refractivity (Wildman–Crippen MR) is 53.9 cm³/mol. The highest BCUT2D eigenvalue weighted by molar-refractivity contribution is 14.1. The molecule has 0 aliphatic carbocycles. The van der Waals surface area contributed by atoms with Crippen molar-refractivity contribution >= 4 is 34.2 Å². The molecule has 56 valence electrons. The molecule has 11 heavy (non-hydrogen) atoms. The van der Waals surface area contributed by atoms with Crippen LogP contribution in [-0.2, 0) is 4.43 Å². The lowest BCUT2D eigenvalue weighted by atomic mass is 10.2. The third-order valence-corrected chi connectivity index (χ3v) is 2.50. The zero-order valence-electron chi connectivity index (χ0n) is 5.64. The molecule has 0 fully saturated rings. The number of nitrogens with zero attached hydrogens (tertiary/aromatic N) is 1. The van der Waals surface area contributed by atoms with Gasteiger partial charge in [0.05, 0.1) is 11.6 Å². The highest BCUT2D eigenvalue weighted by atomic mass is 127. The summed E-state index contributed by atoms with van der Waals surface area (Å²) in [7, 11) is 0. The maximum atomic E-state index is 8.52. The number of rotatable bonds is 1. The van der Waals surface area contributed by atoms with Gasteiger partial charge >= 0.3 is 0 Å². The Bertz CT molecular complexity index is 303. The number of hydrogen-bond acceptors (Lipinski definition) is 1. The van der Waals surface area contributed by atoms with Gasteiger partial charge in [-0.25, -0.2) is 0 Å². The molecule has 1 aromatic rings. The molecule has 0 radical (unpaired) electrons. The van der Waals surface area contributed by atoms with Crippen molar-refractivity contribution in [2.45, 2.75) is 4.43 Å². The molecule has 1 rings (SSSR count). The van der Waals surface area contributed by atoms with Gasteiger partial charge in [0.2, 0.25) is 0 Å². The van der Waals surface area contributed by atoms with Gasteiger partial charge in [-0.15, -0.1) is 0 Å². The third-order valence-electron chi connectivity index (χ3n) is 1.33. The van der Waals surface area contributed by atoms with Crippen LogP contribution in [0.5, 0.6) is 0 Å². The van der Waals surface area contributed by atoms with Crippen molar-refractivity contribution in [3.63, 3.8) is 0 Å². The van der Waals surface area contributed by atoms with Gasteiger partial charge in [-0.2, -0.15) is 5.26 Å². The first-order valence-corrected chi connectivity index (χ1v) is 4.92. The molecule has 0 aliphatic heterocycles. The molecule has 3 heteroatoms. The van der Waals surface area contributed by atoms with Crippen molar-refractivity contribution in [1.29, 1.82) is 5.26 Å². The van der Waals surface area contributed by atoms with Gasteiger partial charge in [0.25, 0.3) is 0 Å². The van der Waals surface area contributed by atoms with E-state index in [1.54, 1.807) is 12.1 Å². The Kier molecular flexibility index (Phi) is 3.16. The fourth-order valence-corrected chi connectivity index (χ4v) is 1.86. The van der Waals surface area contributed by atoms with E-state index in [9.17, 15) is 0 Å². The molecule has 0 atom stereocenters. The SMILES string of the molecule is N#Cc1ccc(CI)c(Cl)c1. The summed E-state index contributed by atoms with van der Waals surface area (Å²) in [4.78, 5) is 0. The Balaban J connectivity index is 3.12. The zero-order valence-corrected chi connectivity index (χ0v) is 8.56. The van der Waals surface area contributed by atoms with Crippen molar-refractivity contribution in [2.24, 2.45) is 0 Å². The Labute approximate surface area is 84.1 Å². The molecule has 0 N–H and O–H groups in total. The Hall–Kier alpha value is -0.270. The lowest BCUT2D eigenvalue weighted by Gasteiger charge is -1.98. The van der Waals surface area contributed by atoms with Crippen LogP contribution in [0.4, 0.5) is 0 Å². The molecule has 1 nitrogen and oxygen atoms in total. The molecule has 0 aliphatic rings. The average Bonchev–Trinajstić information content (AvgIpc) is 2.04. The zero-order chi connectivity index (χ0) is 8.27. The van der Waals surface area contributed by atoms with Crippen LogP contribution in [0.15, 0.2) is 18.2 Å². The number of nitriles is 1. The minimum Gasteiger partial charge on any atom is -0.192 e. The summed E-state index contributed by atoms with van der Waals surface area (Å²) >= 11 is 8.09. The van der Waals surface area contributed by atoms with Crippen molar-refractivity contribution in [3.8, 4) is 6.07 Å². The second-order valence-electron chi connectivity index (χ2n) is 2.05. The summed E-state index contributed by atoms with van der Waals surface area (Å²) in [6.07, 6.45) is 0. The maximum Gasteiger partial charge on any atom is 0.0992 e. The van der Waals surface area contributed by atoms with E-state index in [-0.39, 0.29) is 0 Å². The van der Waals surface area contributed by atoms with Crippen LogP contribution in [0.3, 0.4) is 0 Å². The normalized spacial score (nSPS) is 9.18. The van der Waals surface area contributed by atoms with E-state index >= 15 is 0 Å². The summed E-state index contributed by atoms with van der Waals surface area (Å²) in [5.41, 5.74) is 1.69. The first-order chi connectivity index (χ1) is 5.27. The van der Waals surface area contributed by atoms with Gasteiger partial charge in [-0.3, -0.25) is 0 Å². The topological polar surface area (TPSA) is 23.8 Å².